The number of aromatic nitrogens is 1. The monoisotopic (exact) mass is 374 g/mol. The van der Waals surface area contributed by atoms with Gasteiger partial charge in [-0.2, -0.15) is 0 Å². The van der Waals surface area contributed by atoms with E-state index in [-0.39, 0.29) is 10.9 Å². The van der Waals surface area contributed by atoms with Crippen LogP contribution in [0.3, 0.4) is 0 Å². The molecule has 0 fully saturated rings. The van der Waals surface area contributed by atoms with Crippen molar-refractivity contribution < 1.29 is 8.42 Å². The van der Waals surface area contributed by atoms with Crippen molar-refractivity contribution >= 4 is 32.5 Å². The molecule has 0 spiro atoms. The van der Waals surface area contributed by atoms with E-state index in [2.05, 4.69) is 34.8 Å². The van der Waals surface area contributed by atoms with Crippen LogP contribution in [0.1, 0.15) is 23.2 Å². The topological polar surface area (TPSA) is 62.0 Å². The molecule has 0 radical (unpaired) electrons. The highest BCUT2D eigenvalue weighted by atomic mass is 35.5. The number of halogens is 1. The summed E-state index contributed by atoms with van der Waals surface area (Å²) in [6.07, 6.45) is 2.33. The van der Waals surface area contributed by atoms with E-state index in [0.29, 0.717) is 11.4 Å². The second kappa shape index (κ2) is 6.16. The van der Waals surface area contributed by atoms with Gasteiger partial charge in [0, 0.05) is 27.7 Å². The number of rotatable bonds is 3. The summed E-state index contributed by atoms with van der Waals surface area (Å²) in [6.45, 7) is 2.07. The van der Waals surface area contributed by atoms with Crippen LogP contribution in [0.15, 0.2) is 47.4 Å². The van der Waals surface area contributed by atoms with E-state index in [1.165, 1.54) is 34.3 Å². The molecule has 2 N–H and O–H groups in total. The van der Waals surface area contributed by atoms with Gasteiger partial charge in [-0.1, -0.05) is 23.2 Å². The van der Waals surface area contributed by atoms with Crippen LogP contribution >= 0.6 is 11.6 Å². The van der Waals surface area contributed by atoms with E-state index in [9.17, 15) is 8.42 Å². The first-order chi connectivity index (χ1) is 11.9. The number of H-pyrrole nitrogens is 1. The highest BCUT2D eigenvalue weighted by molar-refractivity contribution is 7.89. The summed E-state index contributed by atoms with van der Waals surface area (Å²) < 4.78 is 28.1. The predicted octanol–water partition coefficient (Wildman–Crippen LogP) is 3.97. The first-order valence-corrected chi connectivity index (χ1v) is 10.2. The van der Waals surface area contributed by atoms with Gasteiger partial charge in [-0.05, 0) is 68.1 Å². The highest BCUT2D eigenvalue weighted by Crippen LogP contribution is 2.30. The smallest absolute Gasteiger partial charge is 0.240 e. The SMILES string of the molecule is Cc1ccc2[nH]c3c(c2c1)CC(NS(=O)(=O)c1ccc(Cl)cc1)CC3. The Morgan fingerprint density at radius 3 is 2.68 bits per heavy atom. The number of aryl methyl sites for hydroxylation is 2. The van der Waals surface area contributed by atoms with Gasteiger partial charge in [0.2, 0.25) is 10.0 Å². The van der Waals surface area contributed by atoms with Crippen LogP contribution < -0.4 is 4.72 Å². The molecular formula is C19H19ClN2O2S. The minimum absolute atomic E-state index is 0.104. The summed E-state index contributed by atoms with van der Waals surface area (Å²) in [5.74, 6) is 0. The maximum absolute atomic E-state index is 12.6. The molecule has 3 aromatic rings. The van der Waals surface area contributed by atoms with Gasteiger partial charge in [0.05, 0.1) is 4.90 Å². The van der Waals surface area contributed by atoms with Gasteiger partial charge in [-0.15, -0.1) is 0 Å². The molecule has 1 aliphatic rings. The Kier molecular flexibility index (Phi) is 4.10. The van der Waals surface area contributed by atoms with Crippen LogP contribution in [0.4, 0.5) is 0 Å². The van der Waals surface area contributed by atoms with Gasteiger partial charge in [-0.3, -0.25) is 0 Å². The van der Waals surface area contributed by atoms with Crippen molar-refractivity contribution in [3.8, 4) is 0 Å². The third kappa shape index (κ3) is 3.19. The van der Waals surface area contributed by atoms with Crippen LogP contribution in [0.2, 0.25) is 5.02 Å². The Morgan fingerprint density at radius 1 is 1.16 bits per heavy atom. The third-order valence-corrected chi connectivity index (χ3v) is 6.58. The normalized spacial score (nSPS) is 17.6. The number of fused-ring (bicyclic) bond motifs is 3. The molecule has 1 aromatic heterocycles. The average molecular weight is 375 g/mol. The van der Waals surface area contributed by atoms with E-state index in [1.807, 2.05) is 0 Å². The van der Waals surface area contributed by atoms with Crippen LogP contribution in [-0.2, 0) is 22.9 Å². The summed E-state index contributed by atoms with van der Waals surface area (Å²) in [6, 6.07) is 12.5. The molecule has 2 aromatic carbocycles. The highest BCUT2D eigenvalue weighted by Gasteiger charge is 2.26. The van der Waals surface area contributed by atoms with Crippen molar-refractivity contribution in [2.24, 2.45) is 0 Å². The molecule has 0 aliphatic heterocycles. The molecular weight excluding hydrogens is 356 g/mol. The number of aromatic amines is 1. The molecule has 4 rings (SSSR count). The van der Waals surface area contributed by atoms with E-state index in [4.69, 9.17) is 11.6 Å². The molecule has 0 bridgehead atoms. The van der Waals surface area contributed by atoms with E-state index >= 15 is 0 Å². The number of sulfonamides is 1. The molecule has 1 atom stereocenters. The first kappa shape index (κ1) is 16.6. The van der Waals surface area contributed by atoms with Crippen molar-refractivity contribution in [3.63, 3.8) is 0 Å². The van der Waals surface area contributed by atoms with Crippen LogP contribution in [0.25, 0.3) is 10.9 Å². The number of nitrogens with one attached hydrogen (secondary N) is 2. The van der Waals surface area contributed by atoms with Crippen LogP contribution in [-0.4, -0.2) is 19.4 Å². The van der Waals surface area contributed by atoms with Crippen LogP contribution in [0, 0.1) is 6.92 Å². The lowest BCUT2D eigenvalue weighted by Gasteiger charge is -2.23. The largest absolute Gasteiger partial charge is 0.358 e. The van der Waals surface area contributed by atoms with E-state index in [0.717, 1.165) is 18.4 Å². The molecule has 0 amide bonds. The Labute approximate surface area is 152 Å². The maximum atomic E-state index is 12.6. The molecule has 0 saturated heterocycles. The lowest BCUT2D eigenvalue weighted by atomic mass is 9.92. The molecule has 0 saturated carbocycles. The van der Waals surface area contributed by atoms with Gasteiger partial charge < -0.3 is 4.98 Å². The summed E-state index contributed by atoms with van der Waals surface area (Å²) in [7, 11) is -3.54. The van der Waals surface area contributed by atoms with E-state index in [1.54, 1.807) is 12.1 Å². The zero-order valence-electron chi connectivity index (χ0n) is 13.8. The first-order valence-electron chi connectivity index (χ1n) is 8.30. The summed E-state index contributed by atoms with van der Waals surface area (Å²) in [4.78, 5) is 3.72. The van der Waals surface area contributed by atoms with Crippen LogP contribution in [0.5, 0.6) is 0 Å². The fourth-order valence-electron chi connectivity index (χ4n) is 3.53. The van der Waals surface area contributed by atoms with E-state index < -0.39 is 10.0 Å². The van der Waals surface area contributed by atoms with Gasteiger partial charge in [0.15, 0.2) is 0 Å². The number of benzene rings is 2. The van der Waals surface area contributed by atoms with Gasteiger partial charge in [0.1, 0.15) is 0 Å². The fourth-order valence-corrected chi connectivity index (χ4v) is 4.93. The van der Waals surface area contributed by atoms with Crippen molar-refractivity contribution in [1.29, 1.82) is 0 Å². The van der Waals surface area contributed by atoms with Gasteiger partial charge >= 0.3 is 0 Å². The maximum Gasteiger partial charge on any atom is 0.240 e. The summed E-state index contributed by atoms with van der Waals surface area (Å²) >= 11 is 5.85. The molecule has 6 heteroatoms. The molecule has 1 unspecified atom stereocenters. The zero-order valence-corrected chi connectivity index (χ0v) is 15.4. The minimum atomic E-state index is -3.54. The molecule has 25 heavy (non-hydrogen) atoms. The van der Waals surface area contributed by atoms with Crippen molar-refractivity contribution in [2.45, 2.75) is 37.1 Å². The Hall–Kier alpha value is -1.82. The van der Waals surface area contributed by atoms with Crippen molar-refractivity contribution in [1.82, 2.24) is 9.71 Å². The minimum Gasteiger partial charge on any atom is -0.358 e. The lowest BCUT2D eigenvalue weighted by Crippen LogP contribution is -2.38. The lowest BCUT2D eigenvalue weighted by molar-refractivity contribution is 0.506. The predicted molar refractivity (Wildman–Crippen MR) is 101 cm³/mol. The second-order valence-corrected chi connectivity index (χ2v) is 8.80. The van der Waals surface area contributed by atoms with Gasteiger partial charge in [-0.25, -0.2) is 13.1 Å². The molecule has 4 nitrogen and oxygen atoms in total. The summed E-state index contributed by atoms with van der Waals surface area (Å²) in [5, 5.41) is 1.72. The Bertz CT molecular complexity index is 1040. The molecule has 1 aliphatic carbocycles. The van der Waals surface area contributed by atoms with Gasteiger partial charge in [0.25, 0.3) is 0 Å². The zero-order chi connectivity index (χ0) is 17.6. The second-order valence-electron chi connectivity index (χ2n) is 6.65. The fraction of sp³-hybridized carbons (Fsp3) is 0.263. The number of hydrogen-bond donors (Lipinski definition) is 2. The molecule has 1 heterocycles. The standard InChI is InChI=1S/C19H19ClN2O2S/c1-12-2-8-18-16(10-12)17-11-14(5-9-19(17)21-18)22-25(23,24)15-6-3-13(20)4-7-15/h2-4,6-8,10,14,21-22H,5,9,11H2,1H3. The molecule has 130 valence electrons. The summed E-state index contributed by atoms with van der Waals surface area (Å²) in [5.41, 5.74) is 4.78. The van der Waals surface area contributed by atoms with Crippen molar-refractivity contribution in [3.05, 3.63) is 64.3 Å². The quantitative estimate of drug-likeness (QED) is 0.728. The number of hydrogen-bond acceptors (Lipinski definition) is 2. The third-order valence-electron chi connectivity index (χ3n) is 4.79. The average Bonchev–Trinajstić information content (AvgIpc) is 2.92. The van der Waals surface area contributed by atoms with Crippen molar-refractivity contribution in [2.75, 3.05) is 0 Å². The Morgan fingerprint density at radius 2 is 1.92 bits per heavy atom. The Balaban J connectivity index is 1.61.